The van der Waals surface area contributed by atoms with E-state index in [2.05, 4.69) is 96.0 Å². The Morgan fingerprint density at radius 1 is 0.972 bits per heavy atom. The Kier molecular flexibility index (Phi) is 8.64. The van der Waals surface area contributed by atoms with Crippen molar-refractivity contribution < 1.29 is 0 Å². The van der Waals surface area contributed by atoms with Crippen LogP contribution in [0.15, 0.2) is 83.9 Å². The van der Waals surface area contributed by atoms with Crippen LogP contribution in [0.4, 0.5) is 11.4 Å². The van der Waals surface area contributed by atoms with Crippen LogP contribution in [0.25, 0.3) is 21.0 Å². The monoisotopic (exact) mass is 533 g/mol. The fourth-order valence-corrected chi connectivity index (χ4v) is 5.47. The summed E-state index contributed by atoms with van der Waals surface area (Å²) in [7, 11) is 1.92. The fourth-order valence-electron chi connectivity index (χ4n) is 3.36. The molecule has 36 heavy (non-hydrogen) atoms. The molecule has 1 heterocycles. The van der Waals surface area contributed by atoms with Crippen LogP contribution in [0.1, 0.15) is 26.3 Å². The van der Waals surface area contributed by atoms with Crippen molar-refractivity contribution in [2.24, 2.45) is 0 Å². The van der Waals surface area contributed by atoms with Crippen LogP contribution in [-0.4, -0.2) is 22.7 Å². The highest BCUT2D eigenvalue weighted by molar-refractivity contribution is 7.97. The lowest BCUT2D eigenvalue weighted by Crippen LogP contribution is -2.30. The molecule has 5 nitrogen and oxygen atoms in total. The lowest BCUT2D eigenvalue weighted by atomic mass is 10.1. The van der Waals surface area contributed by atoms with Crippen LogP contribution in [0.3, 0.4) is 0 Å². The van der Waals surface area contributed by atoms with Crippen molar-refractivity contribution in [3.05, 3.63) is 84.6 Å². The van der Waals surface area contributed by atoms with E-state index in [1.165, 1.54) is 5.56 Å². The van der Waals surface area contributed by atoms with Crippen molar-refractivity contribution in [3.63, 3.8) is 0 Å². The smallest absolute Gasteiger partial charge is 0.171 e. The molecule has 0 amide bonds. The van der Waals surface area contributed by atoms with E-state index in [9.17, 15) is 0 Å². The van der Waals surface area contributed by atoms with Crippen LogP contribution in [0.2, 0.25) is 0 Å². The SMILES string of the molecule is CNc1ccc(-c2ncc(-c3ccc(NC(=S)NCc4ccccc4)cc3SNC(C)(C)C)s2)cc1. The number of hydrogen-bond donors (Lipinski definition) is 4. The maximum atomic E-state index is 5.55. The van der Waals surface area contributed by atoms with Crippen molar-refractivity contribution in [1.29, 1.82) is 0 Å². The van der Waals surface area contributed by atoms with E-state index in [0.29, 0.717) is 11.7 Å². The molecular weight excluding hydrogens is 503 g/mol. The van der Waals surface area contributed by atoms with Crippen LogP contribution in [0.5, 0.6) is 0 Å². The van der Waals surface area contributed by atoms with Crippen molar-refractivity contribution in [2.45, 2.75) is 37.8 Å². The molecule has 0 spiro atoms. The van der Waals surface area contributed by atoms with E-state index in [-0.39, 0.29) is 5.54 Å². The lowest BCUT2D eigenvalue weighted by molar-refractivity contribution is 0.535. The predicted octanol–water partition coefficient (Wildman–Crippen LogP) is 7.40. The van der Waals surface area contributed by atoms with E-state index in [1.807, 2.05) is 31.4 Å². The highest BCUT2D eigenvalue weighted by Crippen LogP contribution is 2.38. The van der Waals surface area contributed by atoms with Crippen LogP contribution < -0.4 is 20.7 Å². The summed E-state index contributed by atoms with van der Waals surface area (Å²) in [6, 6.07) is 24.9. The summed E-state index contributed by atoms with van der Waals surface area (Å²) in [5.41, 5.74) is 5.42. The summed E-state index contributed by atoms with van der Waals surface area (Å²) in [6.45, 7) is 7.15. The van der Waals surface area contributed by atoms with E-state index in [1.54, 1.807) is 23.3 Å². The van der Waals surface area contributed by atoms with Gasteiger partial charge in [-0.2, -0.15) is 0 Å². The van der Waals surface area contributed by atoms with Gasteiger partial charge in [0, 0.05) is 52.7 Å². The molecule has 0 fully saturated rings. The number of nitrogens with zero attached hydrogens (tertiary/aromatic N) is 1. The van der Waals surface area contributed by atoms with Crippen molar-refractivity contribution >= 4 is 52.0 Å². The van der Waals surface area contributed by atoms with Gasteiger partial charge in [0.05, 0.1) is 4.88 Å². The van der Waals surface area contributed by atoms with Crippen LogP contribution in [-0.2, 0) is 6.54 Å². The minimum Gasteiger partial charge on any atom is -0.388 e. The first kappa shape index (κ1) is 26.2. The number of nitrogens with one attached hydrogen (secondary N) is 4. The Morgan fingerprint density at radius 2 is 1.69 bits per heavy atom. The summed E-state index contributed by atoms with van der Waals surface area (Å²) >= 11 is 8.87. The Labute approximate surface area is 227 Å². The molecule has 186 valence electrons. The number of benzene rings is 3. The molecule has 0 saturated heterocycles. The minimum atomic E-state index is -0.0359. The van der Waals surface area contributed by atoms with Crippen molar-refractivity contribution in [1.82, 2.24) is 15.0 Å². The van der Waals surface area contributed by atoms with E-state index >= 15 is 0 Å². The summed E-state index contributed by atoms with van der Waals surface area (Å²) < 4.78 is 3.54. The molecule has 1 aromatic heterocycles. The second-order valence-electron chi connectivity index (χ2n) is 9.32. The highest BCUT2D eigenvalue weighted by Gasteiger charge is 2.16. The molecule has 4 N–H and O–H groups in total. The van der Waals surface area contributed by atoms with Gasteiger partial charge in [0.1, 0.15) is 5.01 Å². The molecule has 0 saturated carbocycles. The fraction of sp³-hybridized carbons (Fsp3) is 0.214. The first-order chi connectivity index (χ1) is 17.3. The Morgan fingerprint density at radius 3 is 2.39 bits per heavy atom. The van der Waals surface area contributed by atoms with Crippen LogP contribution >= 0.6 is 35.5 Å². The molecule has 0 aliphatic carbocycles. The second kappa shape index (κ2) is 11.9. The Hall–Kier alpha value is -2.91. The third-order valence-electron chi connectivity index (χ3n) is 5.19. The largest absolute Gasteiger partial charge is 0.388 e. The average molecular weight is 534 g/mol. The second-order valence-corrected chi connectivity index (χ2v) is 11.6. The molecule has 8 heteroatoms. The maximum absolute atomic E-state index is 5.55. The minimum absolute atomic E-state index is 0.0359. The summed E-state index contributed by atoms with van der Waals surface area (Å²) in [4.78, 5) is 6.95. The maximum Gasteiger partial charge on any atom is 0.171 e. The van der Waals surface area contributed by atoms with Gasteiger partial charge in [0.15, 0.2) is 5.11 Å². The van der Waals surface area contributed by atoms with E-state index < -0.39 is 0 Å². The van der Waals surface area contributed by atoms with E-state index in [0.717, 1.165) is 37.3 Å². The van der Waals surface area contributed by atoms with Crippen LogP contribution in [0, 0.1) is 0 Å². The molecule has 0 bridgehead atoms. The van der Waals surface area contributed by atoms with Gasteiger partial charge in [-0.25, -0.2) is 4.98 Å². The summed E-state index contributed by atoms with van der Waals surface area (Å²) in [6.07, 6.45) is 1.96. The molecule has 0 aliphatic rings. The van der Waals surface area contributed by atoms with Gasteiger partial charge in [-0.05, 0) is 86.9 Å². The standard InChI is InChI=1S/C28H31N5S3/c1-28(2,3)33-36-24-16-22(32-27(34)31-17-19-8-6-5-7-9-19)14-15-23(24)25-18-30-26(35-25)20-10-12-21(29-4)13-11-20/h5-16,18,29,33H,17H2,1-4H3,(H2,31,32,34). The number of thiazole rings is 1. The Balaban J connectivity index is 1.53. The third kappa shape index (κ3) is 7.30. The Bertz CT molecular complexity index is 1300. The van der Waals surface area contributed by atoms with E-state index in [4.69, 9.17) is 17.2 Å². The number of aromatic nitrogens is 1. The zero-order valence-electron chi connectivity index (χ0n) is 20.9. The third-order valence-corrected chi connectivity index (χ3v) is 7.79. The molecule has 0 aliphatic heterocycles. The first-order valence-corrected chi connectivity index (χ1v) is 13.8. The zero-order valence-corrected chi connectivity index (χ0v) is 23.3. The molecular formula is C28H31N5S3. The van der Waals surface area contributed by atoms with Gasteiger partial charge in [0.25, 0.3) is 0 Å². The predicted molar refractivity (Wildman–Crippen MR) is 161 cm³/mol. The first-order valence-electron chi connectivity index (χ1n) is 11.7. The molecule has 0 atom stereocenters. The van der Waals surface area contributed by atoms with Crippen molar-refractivity contribution in [2.75, 3.05) is 17.7 Å². The molecule has 0 unspecified atom stereocenters. The zero-order chi connectivity index (χ0) is 25.5. The van der Waals surface area contributed by atoms with Gasteiger partial charge in [-0.15, -0.1) is 11.3 Å². The van der Waals surface area contributed by atoms with Crippen molar-refractivity contribution in [3.8, 4) is 21.0 Å². The number of thiocarbonyl (C=S) groups is 1. The van der Waals surface area contributed by atoms with Gasteiger partial charge < -0.3 is 16.0 Å². The topological polar surface area (TPSA) is 61.0 Å². The molecule has 4 aromatic rings. The van der Waals surface area contributed by atoms with Gasteiger partial charge >= 0.3 is 0 Å². The van der Waals surface area contributed by atoms with Gasteiger partial charge in [-0.1, -0.05) is 36.4 Å². The average Bonchev–Trinajstić information content (AvgIpc) is 3.37. The summed E-state index contributed by atoms with van der Waals surface area (Å²) in [5.74, 6) is 0. The molecule has 0 radical (unpaired) electrons. The number of rotatable bonds is 8. The van der Waals surface area contributed by atoms with Gasteiger partial charge in [-0.3, -0.25) is 4.72 Å². The highest BCUT2D eigenvalue weighted by atomic mass is 32.2. The molecule has 3 aromatic carbocycles. The quantitative estimate of drug-likeness (QED) is 0.139. The normalized spacial score (nSPS) is 11.2. The van der Waals surface area contributed by atoms with Gasteiger partial charge in [0.2, 0.25) is 0 Å². The number of hydrogen-bond acceptors (Lipinski definition) is 6. The lowest BCUT2D eigenvalue weighted by Gasteiger charge is -2.21. The number of anilines is 2. The molecule has 4 rings (SSSR count). The summed E-state index contributed by atoms with van der Waals surface area (Å²) in [5, 5.41) is 11.4.